The number of hydrogen-bond acceptors (Lipinski definition) is 8. The van der Waals surface area contributed by atoms with Crippen LogP contribution in [-0.2, 0) is 14.2 Å². The molecule has 2 aliphatic heterocycles. The lowest BCUT2D eigenvalue weighted by Gasteiger charge is -2.25. The molecule has 0 unspecified atom stereocenters. The van der Waals surface area contributed by atoms with Crippen LogP contribution in [-0.4, -0.2) is 75.6 Å². The van der Waals surface area contributed by atoms with Gasteiger partial charge < -0.3 is 28.4 Å². The van der Waals surface area contributed by atoms with Crippen LogP contribution in [0.5, 0.6) is 5.75 Å². The highest BCUT2D eigenvalue weighted by Crippen LogP contribution is 2.44. The predicted octanol–water partition coefficient (Wildman–Crippen LogP) is 3.84. The van der Waals surface area contributed by atoms with Crippen LogP contribution < -0.4 is 4.74 Å². The molecule has 10 nitrogen and oxygen atoms in total. The molecule has 11 heteroatoms. The molecule has 2 fully saturated rings. The monoisotopic (exact) mass is 506 g/mol. The Hall–Kier alpha value is -3.67. The van der Waals surface area contributed by atoms with E-state index >= 15 is 0 Å². The number of benzene rings is 1. The van der Waals surface area contributed by atoms with Crippen molar-refractivity contribution in [1.82, 2.24) is 24.4 Å². The van der Waals surface area contributed by atoms with Crippen LogP contribution in [0, 0.1) is 5.82 Å². The lowest BCUT2D eigenvalue weighted by molar-refractivity contribution is -0.198. The van der Waals surface area contributed by atoms with Crippen LogP contribution in [0.1, 0.15) is 20.1 Å². The molecule has 0 amide bonds. The summed E-state index contributed by atoms with van der Waals surface area (Å²) in [5.41, 5.74) is 1.34. The third-order valence-corrected chi connectivity index (χ3v) is 6.34. The largest absolute Gasteiger partial charge is 0.491 e. The fraction of sp³-hybridized carbons (Fsp3) is 0.385. The first-order valence-corrected chi connectivity index (χ1v) is 12.0. The van der Waals surface area contributed by atoms with Crippen LogP contribution in [0.2, 0.25) is 0 Å². The summed E-state index contributed by atoms with van der Waals surface area (Å²) in [6.45, 7) is 4.01. The second-order valence-corrected chi connectivity index (χ2v) is 9.81. The molecule has 0 N–H and O–H groups in total. The van der Waals surface area contributed by atoms with Crippen molar-refractivity contribution in [3.05, 3.63) is 54.9 Å². The molecule has 3 aromatic heterocycles. The Morgan fingerprint density at radius 1 is 1.14 bits per heavy atom. The fourth-order valence-electron chi connectivity index (χ4n) is 4.80. The SMILES string of the molecule is CN(C)C=Nc1ncnc2c1ccn2[C@@H]1O[C@H](COc2ccc3cc(F)cnc3c2)[C@H]2OC(C)(C)O[C@H]21. The second kappa shape index (κ2) is 9.02. The minimum atomic E-state index is -0.772. The molecule has 1 aromatic carbocycles. The molecule has 0 bridgehead atoms. The first kappa shape index (κ1) is 23.7. The molecule has 5 heterocycles. The van der Waals surface area contributed by atoms with Gasteiger partial charge >= 0.3 is 0 Å². The van der Waals surface area contributed by atoms with Gasteiger partial charge in [0, 0.05) is 31.7 Å². The molecule has 0 saturated carbocycles. The van der Waals surface area contributed by atoms with Crippen molar-refractivity contribution < 1.29 is 23.3 Å². The molecule has 0 radical (unpaired) electrons. The van der Waals surface area contributed by atoms with E-state index in [0.29, 0.717) is 28.1 Å². The highest BCUT2D eigenvalue weighted by Gasteiger charge is 2.56. The van der Waals surface area contributed by atoms with Crippen molar-refractivity contribution in [3.63, 3.8) is 0 Å². The van der Waals surface area contributed by atoms with E-state index in [1.807, 2.05) is 49.7 Å². The molecule has 2 saturated heterocycles. The van der Waals surface area contributed by atoms with Crippen LogP contribution >= 0.6 is 0 Å². The van der Waals surface area contributed by atoms with Gasteiger partial charge in [0.2, 0.25) is 0 Å². The number of rotatable bonds is 6. The highest BCUT2D eigenvalue weighted by atomic mass is 19.1. The van der Waals surface area contributed by atoms with Crippen molar-refractivity contribution in [1.29, 1.82) is 0 Å². The van der Waals surface area contributed by atoms with Crippen LogP contribution in [0.15, 0.2) is 54.0 Å². The average molecular weight is 507 g/mol. The molecule has 4 aromatic rings. The van der Waals surface area contributed by atoms with Gasteiger partial charge in [-0.05, 0) is 38.1 Å². The zero-order valence-electron chi connectivity index (χ0n) is 20.9. The van der Waals surface area contributed by atoms with Crippen molar-refractivity contribution in [2.24, 2.45) is 4.99 Å². The Kier molecular flexibility index (Phi) is 5.78. The van der Waals surface area contributed by atoms with Crippen molar-refractivity contribution in [2.75, 3.05) is 20.7 Å². The van der Waals surface area contributed by atoms with E-state index in [4.69, 9.17) is 18.9 Å². The maximum atomic E-state index is 13.5. The van der Waals surface area contributed by atoms with E-state index in [0.717, 1.165) is 5.39 Å². The number of fused-ring (bicyclic) bond motifs is 3. The van der Waals surface area contributed by atoms with E-state index < -0.39 is 18.1 Å². The molecular formula is C26H27FN6O4. The second-order valence-electron chi connectivity index (χ2n) is 9.81. The summed E-state index contributed by atoms with van der Waals surface area (Å²) in [6, 6.07) is 8.71. The number of aliphatic imine (C=N–C) groups is 1. The number of ether oxygens (including phenoxy) is 4. The molecule has 192 valence electrons. The third kappa shape index (κ3) is 4.50. The Balaban J connectivity index is 1.26. The normalized spacial score (nSPS) is 24.8. The maximum Gasteiger partial charge on any atom is 0.166 e. The van der Waals surface area contributed by atoms with E-state index in [1.54, 1.807) is 24.5 Å². The third-order valence-electron chi connectivity index (χ3n) is 6.34. The van der Waals surface area contributed by atoms with Crippen molar-refractivity contribution in [3.8, 4) is 5.75 Å². The molecule has 0 aliphatic carbocycles. The molecule has 2 aliphatic rings. The first-order chi connectivity index (χ1) is 17.8. The molecular weight excluding hydrogens is 479 g/mol. The smallest absolute Gasteiger partial charge is 0.166 e. The summed E-state index contributed by atoms with van der Waals surface area (Å²) in [5.74, 6) is 0.0284. The molecule has 4 atom stereocenters. The summed E-state index contributed by atoms with van der Waals surface area (Å²) in [4.78, 5) is 19.3. The quantitative estimate of drug-likeness (QED) is 0.288. The van der Waals surface area contributed by atoms with E-state index in [2.05, 4.69) is 19.9 Å². The number of pyridine rings is 1. The Labute approximate surface area is 212 Å². The Morgan fingerprint density at radius 2 is 1.97 bits per heavy atom. The van der Waals surface area contributed by atoms with Gasteiger partial charge in [-0.25, -0.2) is 19.4 Å². The lowest BCUT2D eigenvalue weighted by Crippen LogP contribution is -2.33. The van der Waals surface area contributed by atoms with E-state index in [1.165, 1.54) is 18.6 Å². The number of hydrogen-bond donors (Lipinski definition) is 0. The van der Waals surface area contributed by atoms with Gasteiger partial charge in [0.25, 0.3) is 0 Å². The van der Waals surface area contributed by atoms with Gasteiger partial charge in [-0.15, -0.1) is 0 Å². The minimum absolute atomic E-state index is 0.233. The van der Waals surface area contributed by atoms with Crippen molar-refractivity contribution >= 4 is 34.1 Å². The summed E-state index contributed by atoms with van der Waals surface area (Å²) >= 11 is 0. The molecule has 0 spiro atoms. The van der Waals surface area contributed by atoms with Gasteiger partial charge in [0.05, 0.1) is 23.4 Å². The summed E-state index contributed by atoms with van der Waals surface area (Å²) in [6.07, 6.45) is 4.67. The standard InChI is InChI=1S/C26H27FN6O4/c1-26(2)36-21-20(12-34-17-6-5-15-9-16(27)11-28-19(15)10-17)35-25(22(21)37-26)33-8-7-18-23(31-14-32(3)4)29-13-30-24(18)33/h5-11,13-14,20-22,25H,12H2,1-4H3/t20-,21-,22-,25-/m1/s1. The number of aromatic nitrogens is 4. The summed E-state index contributed by atoms with van der Waals surface area (Å²) < 4.78 is 40.4. The maximum absolute atomic E-state index is 13.5. The summed E-state index contributed by atoms with van der Waals surface area (Å²) in [7, 11) is 3.80. The first-order valence-electron chi connectivity index (χ1n) is 12.0. The van der Waals surface area contributed by atoms with E-state index in [9.17, 15) is 4.39 Å². The van der Waals surface area contributed by atoms with Gasteiger partial charge in [0.15, 0.2) is 17.8 Å². The van der Waals surface area contributed by atoms with Crippen LogP contribution in [0.25, 0.3) is 21.9 Å². The van der Waals surface area contributed by atoms with Gasteiger partial charge in [-0.3, -0.25) is 4.98 Å². The van der Waals surface area contributed by atoms with Gasteiger partial charge in [-0.2, -0.15) is 0 Å². The highest BCUT2D eigenvalue weighted by molar-refractivity contribution is 5.87. The zero-order valence-corrected chi connectivity index (χ0v) is 20.9. The average Bonchev–Trinajstić information content (AvgIpc) is 3.52. The van der Waals surface area contributed by atoms with Gasteiger partial charge in [0.1, 0.15) is 48.5 Å². The number of halogens is 1. The fourth-order valence-corrected chi connectivity index (χ4v) is 4.80. The lowest BCUT2D eigenvalue weighted by atomic mass is 10.1. The Morgan fingerprint density at radius 3 is 2.81 bits per heavy atom. The number of nitrogens with zero attached hydrogens (tertiary/aromatic N) is 6. The van der Waals surface area contributed by atoms with Crippen molar-refractivity contribution in [2.45, 2.75) is 44.2 Å². The summed E-state index contributed by atoms with van der Waals surface area (Å²) in [5, 5.41) is 1.51. The zero-order chi connectivity index (χ0) is 25.7. The van der Waals surface area contributed by atoms with Gasteiger partial charge in [-0.1, -0.05) is 0 Å². The topological polar surface area (TPSA) is 96.1 Å². The van der Waals surface area contributed by atoms with E-state index in [-0.39, 0.29) is 24.6 Å². The molecule has 37 heavy (non-hydrogen) atoms. The Bertz CT molecular complexity index is 1490. The predicted molar refractivity (Wildman–Crippen MR) is 134 cm³/mol. The molecule has 6 rings (SSSR count). The minimum Gasteiger partial charge on any atom is -0.491 e. The van der Waals surface area contributed by atoms with Crippen LogP contribution in [0.3, 0.4) is 0 Å². The van der Waals surface area contributed by atoms with Crippen LogP contribution in [0.4, 0.5) is 10.2 Å².